The number of rotatable bonds is 4. The number of aliphatic hydroxyl groups is 7. The minimum atomic E-state index is -1.85. The van der Waals surface area contributed by atoms with Crippen LogP contribution in [0, 0.1) is 74.9 Å². The van der Waals surface area contributed by atoms with E-state index in [9.17, 15) is 40.5 Å². The second kappa shape index (κ2) is 14.1. The van der Waals surface area contributed by atoms with Crippen molar-refractivity contribution in [2.75, 3.05) is 13.2 Å². The van der Waals surface area contributed by atoms with Crippen LogP contribution in [0.3, 0.4) is 0 Å². The molecule has 0 bridgehead atoms. The maximum atomic E-state index is 14.8. The Morgan fingerprint density at radius 1 is 0.836 bits per heavy atom. The van der Waals surface area contributed by atoms with Crippen LogP contribution in [0.4, 0.5) is 0 Å². The molecule has 1 aromatic heterocycles. The molecule has 13 nitrogen and oxygen atoms in total. The molecule has 4 heterocycles. The first-order chi connectivity index (χ1) is 31.3. The average Bonchev–Trinajstić information content (AvgIpc) is 3.92. The third-order valence-electron chi connectivity index (χ3n) is 22.5. The number of Topliss-reactive ketones (excluding diaryl/α,β-unsaturated/α-hetero) is 1. The fraction of sp³-hybridized carbons (Fsp3) is 0.833. The summed E-state index contributed by atoms with van der Waals surface area (Å²) in [5, 5.41) is 80.4. The fourth-order valence-corrected chi connectivity index (χ4v) is 18.6. The molecule has 1 aromatic rings. The van der Waals surface area contributed by atoms with Crippen LogP contribution in [0.25, 0.3) is 0 Å². The molecule has 13 heteroatoms. The van der Waals surface area contributed by atoms with Crippen molar-refractivity contribution in [3.8, 4) is 0 Å². The Kier molecular flexibility index (Phi) is 9.65. The smallest absolute Gasteiger partial charge is 0.201 e. The summed E-state index contributed by atoms with van der Waals surface area (Å²) in [6.07, 6.45) is 9.46. The maximum Gasteiger partial charge on any atom is 0.201 e. The molecule has 0 radical (unpaired) electrons. The van der Waals surface area contributed by atoms with Crippen LogP contribution in [-0.2, 0) is 44.7 Å². The summed E-state index contributed by atoms with van der Waals surface area (Å²) in [4.78, 5) is 26.0. The zero-order valence-electron chi connectivity index (χ0n) is 40.9. The molecule has 0 amide bonds. The monoisotopic (exact) mass is 929 g/mol. The number of fused-ring (bicyclic) bond motifs is 13. The van der Waals surface area contributed by atoms with E-state index >= 15 is 0 Å². The van der Waals surface area contributed by atoms with Gasteiger partial charge in [0.05, 0.1) is 58.7 Å². The predicted molar refractivity (Wildman–Crippen MR) is 243 cm³/mol. The predicted octanol–water partition coefficient (Wildman–Crippen LogP) is 4.46. The number of allylic oxidation sites excluding steroid dienone is 1. The van der Waals surface area contributed by atoms with Gasteiger partial charge in [0, 0.05) is 36.5 Å². The van der Waals surface area contributed by atoms with Crippen LogP contribution in [0.15, 0.2) is 23.3 Å². The molecule has 368 valence electrons. The molecule has 67 heavy (non-hydrogen) atoms. The molecule has 12 rings (SSSR count). The van der Waals surface area contributed by atoms with Crippen molar-refractivity contribution in [2.45, 2.75) is 192 Å². The highest BCUT2D eigenvalue weighted by Gasteiger charge is 2.79. The summed E-state index contributed by atoms with van der Waals surface area (Å²) in [5.41, 5.74) is 0.875. The van der Waals surface area contributed by atoms with Gasteiger partial charge < -0.3 is 50.0 Å². The second-order valence-electron chi connectivity index (χ2n) is 26.0. The van der Waals surface area contributed by atoms with Crippen LogP contribution in [0.1, 0.15) is 136 Å². The molecule has 0 aromatic carbocycles. The fourth-order valence-electron chi connectivity index (χ4n) is 18.6. The van der Waals surface area contributed by atoms with Gasteiger partial charge in [-0.3, -0.25) is 14.8 Å². The van der Waals surface area contributed by atoms with E-state index < -0.39 is 75.5 Å². The number of aliphatic hydroxyl groups excluding tert-OH is 4. The normalized spacial score (nSPS) is 54.0. The molecule has 8 aliphatic carbocycles. The minimum Gasteiger partial charge on any atom is -0.393 e. The number of hydrogen-bond acceptors (Lipinski definition) is 13. The first kappa shape index (κ1) is 45.9. The highest BCUT2D eigenvalue weighted by atomic mass is 16.7. The Morgan fingerprint density at radius 2 is 1.45 bits per heavy atom. The highest BCUT2D eigenvalue weighted by Crippen LogP contribution is 2.72. The van der Waals surface area contributed by atoms with Crippen LogP contribution >= 0.6 is 0 Å². The summed E-state index contributed by atoms with van der Waals surface area (Å²) in [7, 11) is 0. The van der Waals surface area contributed by atoms with E-state index in [2.05, 4.69) is 26.0 Å². The average molecular weight is 929 g/mol. The van der Waals surface area contributed by atoms with Crippen LogP contribution < -0.4 is 0 Å². The summed E-state index contributed by atoms with van der Waals surface area (Å²) < 4.78 is 19.3. The van der Waals surface area contributed by atoms with Gasteiger partial charge in [-0.15, -0.1) is 0 Å². The highest BCUT2D eigenvalue weighted by molar-refractivity contribution is 5.91. The Bertz CT molecular complexity index is 2370. The standard InChI is InChI=1S/C54H76N2O11/c1-26-32-13-14-33-30-11-9-28-15-37-40(21-49(28,7)35(30)18-42(59)51(32,33)25-65-53(26,64)43(60)22-46(3,4)62)56-38-16-29-10-12-31-34(48(29,6)20-39(38)55-37)17-41(58)50(8)36(31)19-45-52(50,63)27(2)54(66-45)44(61)23-47(5,24-57)67-54/h14,19,26-32,34-35,41,43-45,57-58,60-64H,9-13,15-18,20-25H2,1-8H3/t26-,27+,28?,29?,30?,31?,32+,34?,35?,41+,43-,44+,45-,47-,48-,49-,50+,51+,52+,53-,54-/m1/s1. The van der Waals surface area contributed by atoms with Crippen molar-refractivity contribution in [1.82, 2.24) is 9.97 Å². The number of hydrogen-bond donors (Lipinski definition) is 7. The van der Waals surface area contributed by atoms with Gasteiger partial charge in [-0.1, -0.05) is 57.9 Å². The number of ketones is 1. The lowest BCUT2D eigenvalue weighted by molar-refractivity contribution is -0.331. The van der Waals surface area contributed by atoms with Crippen molar-refractivity contribution < 1.29 is 54.8 Å². The molecule has 7 fully saturated rings. The van der Waals surface area contributed by atoms with Crippen molar-refractivity contribution in [3.63, 3.8) is 0 Å². The summed E-state index contributed by atoms with van der Waals surface area (Å²) >= 11 is 0. The molecule has 3 aliphatic heterocycles. The molecule has 3 saturated heterocycles. The van der Waals surface area contributed by atoms with Gasteiger partial charge in [0.2, 0.25) is 5.79 Å². The van der Waals surface area contributed by atoms with Gasteiger partial charge in [0.15, 0.2) is 5.79 Å². The Balaban J connectivity index is 0.794. The number of aromatic nitrogens is 2. The third-order valence-corrected chi connectivity index (χ3v) is 22.5. The van der Waals surface area contributed by atoms with E-state index in [1.165, 1.54) is 5.57 Å². The van der Waals surface area contributed by atoms with Crippen LogP contribution in [0.2, 0.25) is 0 Å². The Morgan fingerprint density at radius 3 is 2.04 bits per heavy atom. The van der Waals surface area contributed by atoms with E-state index in [-0.39, 0.29) is 72.3 Å². The number of ether oxygens (including phenoxy) is 3. The lowest BCUT2D eigenvalue weighted by atomic mass is 9.44. The van der Waals surface area contributed by atoms with Gasteiger partial charge in [-0.2, -0.15) is 0 Å². The molecular weight excluding hydrogens is 853 g/mol. The summed E-state index contributed by atoms with van der Waals surface area (Å²) in [6, 6.07) is 0. The third kappa shape index (κ3) is 5.60. The topological polar surface area (TPSA) is 212 Å². The SMILES string of the molecule is C[C@@H]1[C@@H]2CC=C3C4CCC5Cc6nc7c(nc6C[C@@]5(C)C4CC(=O)[C@]32CO[C@@]1(O)[C@H](O)CC(C)(C)O)CC1CCC2C3=C[C@H]4O[C@@]5(O[C@@](C)(CO)C[C@@H]5O)[C@@H](C)[C@@]4(O)[C@]3(C)[C@@H](O)CC2[C@]1(C)C7. The quantitative estimate of drug-likeness (QED) is 0.208. The van der Waals surface area contributed by atoms with Crippen molar-refractivity contribution >= 4 is 5.78 Å². The zero-order chi connectivity index (χ0) is 47.6. The molecule has 21 atom stereocenters. The maximum absolute atomic E-state index is 14.8. The molecular formula is C54H76N2O11. The summed E-state index contributed by atoms with van der Waals surface area (Å²) in [5.74, 6) is -3.04. The lowest BCUT2D eigenvalue weighted by Crippen LogP contribution is -2.65. The largest absolute Gasteiger partial charge is 0.393 e. The molecule has 7 N–H and O–H groups in total. The van der Waals surface area contributed by atoms with Crippen LogP contribution in [-0.4, -0.2) is 118 Å². The van der Waals surface area contributed by atoms with Crippen molar-refractivity contribution in [2.24, 2.45) is 74.9 Å². The zero-order valence-corrected chi connectivity index (χ0v) is 40.9. The number of carbonyl (C=O) groups is 1. The lowest BCUT2D eigenvalue weighted by Gasteiger charge is -2.61. The first-order valence-corrected chi connectivity index (χ1v) is 26.0. The van der Waals surface area contributed by atoms with Gasteiger partial charge in [-0.05, 0) is 137 Å². The van der Waals surface area contributed by atoms with E-state index in [1.54, 1.807) is 20.8 Å². The molecule has 6 unspecified atom stereocenters. The molecule has 11 aliphatic rings. The minimum absolute atomic E-state index is 0.0382. The van der Waals surface area contributed by atoms with E-state index in [0.29, 0.717) is 31.1 Å². The van der Waals surface area contributed by atoms with Gasteiger partial charge >= 0.3 is 0 Å². The summed E-state index contributed by atoms with van der Waals surface area (Å²) in [6.45, 7) is 15.3. The molecule has 2 spiro atoms. The molecule has 4 saturated carbocycles. The van der Waals surface area contributed by atoms with Crippen molar-refractivity contribution in [3.05, 3.63) is 46.1 Å². The van der Waals surface area contributed by atoms with Gasteiger partial charge in [0.1, 0.15) is 29.7 Å². The second-order valence-corrected chi connectivity index (χ2v) is 26.0. The Labute approximate surface area is 395 Å². The number of nitrogens with zero attached hydrogens (tertiary/aromatic N) is 2. The van der Waals surface area contributed by atoms with Crippen LogP contribution in [0.5, 0.6) is 0 Å². The van der Waals surface area contributed by atoms with Gasteiger partial charge in [0.25, 0.3) is 0 Å². The number of carbonyl (C=O) groups excluding carboxylic acids is 1. The Hall–Kier alpha value is -2.17. The van der Waals surface area contributed by atoms with E-state index in [0.717, 1.165) is 79.7 Å². The first-order valence-electron chi connectivity index (χ1n) is 26.0. The van der Waals surface area contributed by atoms with E-state index in [1.807, 2.05) is 20.8 Å². The van der Waals surface area contributed by atoms with Gasteiger partial charge in [-0.25, -0.2) is 0 Å². The van der Waals surface area contributed by atoms with Crippen molar-refractivity contribution in [1.29, 1.82) is 0 Å². The van der Waals surface area contributed by atoms with E-state index in [4.69, 9.17) is 24.2 Å².